The van der Waals surface area contributed by atoms with E-state index < -0.39 is 0 Å². The Morgan fingerprint density at radius 2 is 2.00 bits per heavy atom. The fourth-order valence-corrected chi connectivity index (χ4v) is 2.34. The molecule has 92 valence electrons. The highest BCUT2D eigenvalue weighted by Gasteiger charge is 2.18. The molecule has 4 heteroatoms. The molecule has 0 atom stereocenters. The van der Waals surface area contributed by atoms with Crippen LogP contribution in [0, 0.1) is 19.3 Å². The second-order valence-electron chi connectivity index (χ2n) is 4.26. The topological polar surface area (TPSA) is 56.2 Å². The standard InChI is InChI=1S/C15H12N4/c1-3-12-10(2)13(11-7-5-4-6-8-11)19-14(12)15(16)17-9-18-19/h1,4-9H,2H3,(H2,16,17,18). The van der Waals surface area contributed by atoms with Gasteiger partial charge >= 0.3 is 0 Å². The maximum absolute atomic E-state index is 5.93. The predicted octanol–water partition coefficient (Wildman–Crippen LogP) is 2.27. The predicted molar refractivity (Wildman–Crippen MR) is 75.5 cm³/mol. The second kappa shape index (κ2) is 4.14. The molecule has 0 aliphatic carbocycles. The Balaban J connectivity index is 2.48. The Morgan fingerprint density at radius 3 is 2.68 bits per heavy atom. The molecule has 0 radical (unpaired) electrons. The Hall–Kier alpha value is -2.80. The number of aromatic nitrogens is 3. The third-order valence-electron chi connectivity index (χ3n) is 3.19. The first kappa shape index (κ1) is 11.3. The van der Waals surface area contributed by atoms with Crippen LogP contribution in [0.25, 0.3) is 16.8 Å². The molecule has 0 aliphatic rings. The average molecular weight is 248 g/mol. The van der Waals surface area contributed by atoms with Crippen LogP contribution in [0.2, 0.25) is 0 Å². The summed E-state index contributed by atoms with van der Waals surface area (Å²) in [6.07, 6.45) is 7.04. The molecule has 0 amide bonds. The highest BCUT2D eigenvalue weighted by atomic mass is 15.3. The molecule has 0 bridgehead atoms. The van der Waals surface area contributed by atoms with E-state index in [-0.39, 0.29) is 0 Å². The maximum atomic E-state index is 5.93. The minimum atomic E-state index is 0.397. The molecule has 3 rings (SSSR count). The van der Waals surface area contributed by atoms with E-state index in [4.69, 9.17) is 12.2 Å². The molecule has 0 unspecified atom stereocenters. The normalized spacial score (nSPS) is 10.5. The minimum Gasteiger partial charge on any atom is -0.382 e. The van der Waals surface area contributed by atoms with Crippen LogP contribution in [0.1, 0.15) is 11.1 Å². The molecular formula is C15H12N4. The van der Waals surface area contributed by atoms with E-state index in [0.717, 1.165) is 22.4 Å². The second-order valence-corrected chi connectivity index (χ2v) is 4.26. The van der Waals surface area contributed by atoms with Crippen molar-refractivity contribution in [1.82, 2.24) is 14.6 Å². The van der Waals surface area contributed by atoms with Crippen LogP contribution < -0.4 is 5.73 Å². The van der Waals surface area contributed by atoms with E-state index in [1.807, 2.05) is 37.3 Å². The van der Waals surface area contributed by atoms with Crippen molar-refractivity contribution in [2.24, 2.45) is 0 Å². The monoisotopic (exact) mass is 248 g/mol. The number of hydrogen-bond acceptors (Lipinski definition) is 3. The number of nitrogens with zero attached hydrogens (tertiary/aromatic N) is 3. The fourth-order valence-electron chi connectivity index (χ4n) is 2.34. The summed E-state index contributed by atoms with van der Waals surface area (Å²) >= 11 is 0. The van der Waals surface area contributed by atoms with Crippen molar-refractivity contribution >= 4 is 11.3 Å². The Labute approximate surface area is 110 Å². The number of terminal acetylenes is 1. The molecule has 0 spiro atoms. The average Bonchev–Trinajstić information content (AvgIpc) is 2.73. The van der Waals surface area contributed by atoms with Crippen molar-refractivity contribution in [2.45, 2.75) is 6.92 Å². The quantitative estimate of drug-likeness (QED) is 0.672. The van der Waals surface area contributed by atoms with Crippen LogP contribution >= 0.6 is 0 Å². The first-order valence-corrected chi connectivity index (χ1v) is 5.88. The molecule has 4 nitrogen and oxygen atoms in total. The van der Waals surface area contributed by atoms with Crippen molar-refractivity contribution in [3.63, 3.8) is 0 Å². The Bertz CT molecular complexity index is 794. The van der Waals surface area contributed by atoms with Gasteiger partial charge < -0.3 is 5.73 Å². The van der Waals surface area contributed by atoms with Crippen LogP contribution in [0.15, 0.2) is 36.7 Å². The summed E-state index contributed by atoms with van der Waals surface area (Å²) < 4.78 is 1.77. The van der Waals surface area contributed by atoms with Gasteiger partial charge in [-0.15, -0.1) is 6.42 Å². The number of anilines is 1. The SMILES string of the molecule is C#Cc1c(C)c(-c2ccccc2)n2ncnc(N)c12. The summed E-state index contributed by atoms with van der Waals surface area (Å²) in [4.78, 5) is 4.01. The van der Waals surface area contributed by atoms with E-state index in [2.05, 4.69) is 16.0 Å². The molecule has 0 aliphatic heterocycles. The van der Waals surface area contributed by atoms with Crippen LogP contribution in [0.5, 0.6) is 0 Å². The third-order valence-corrected chi connectivity index (χ3v) is 3.19. The van der Waals surface area contributed by atoms with Gasteiger partial charge in [-0.1, -0.05) is 36.3 Å². The van der Waals surface area contributed by atoms with Gasteiger partial charge in [0, 0.05) is 5.56 Å². The summed E-state index contributed by atoms with van der Waals surface area (Å²) in [5.74, 6) is 3.08. The largest absolute Gasteiger partial charge is 0.382 e. The number of fused-ring (bicyclic) bond motifs is 1. The van der Waals surface area contributed by atoms with Crippen molar-refractivity contribution in [2.75, 3.05) is 5.73 Å². The van der Waals surface area contributed by atoms with Crippen LogP contribution in [-0.4, -0.2) is 14.6 Å². The van der Waals surface area contributed by atoms with Gasteiger partial charge in [0.25, 0.3) is 0 Å². The van der Waals surface area contributed by atoms with Gasteiger partial charge in [-0.05, 0) is 12.5 Å². The van der Waals surface area contributed by atoms with Gasteiger partial charge in [0.15, 0.2) is 5.82 Å². The number of benzene rings is 1. The van der Waals surface area contributed by atoms with Crippen molar-refractivity contribution < 1.29 is 0 Å². The highest BCUT2D eigenvalue weighted by Crippen LogP contribution is 2.31. The first-order chi connectivity index (χ1) is 9.24. The molecule has 19 heavy (non-hydrogen) atoms. The highest BCUT2D eigenvalue weighted by molar-refractivity contribution is 5.84. The van der Waals surface area contributed by atoms with Gasteiger partial charge in [-0.25, -0.2) is 9.50 Å². The molecular weight excluding hydrogens is 236 g/mol. The molecule has 3 aromatic rings. The van der Waals surface area contributed by atoms with Gasteiger partial charge in [0.2, 0.25) is 0 Å². The third kappa shape index (κ3) is 1.56. The molecule has 2 aromatic heterocycles. The van der Waals surface area contributed by atoms with Gasteiger partial charge in [0.1, 0.15) is 11.8 Å². The lowest BCUT2D eigenvalue weighted by atomic mass is 10.1. The molecule has 2 heterocycles. The van der Waals surface area contributed by atoms with Crippen LogP contribution in [-0.2, 0) is 0 Å². The number of nitrogens with two attached hydrogens (primary N) is 1. The molecule has 2 N–H and O–H groups in total. The molecule has 0 fully saturated rings. The maximum Gasteiger partial charge on any atom is 0.152 e. The zero-order chi connectivity index (χ0) is 13.4. The van der Waals surface area contributed by atoms with E-state index in [0.29, 0.717) is 11.3 Å². The number of nitrogen functional groups attached to an aromatic ring is 1. The van der Waals surface area contributed by atoms with E-state index in [1.54, 1.807) is 4.52 Å². The van der Waals surface area contributed by atoms with Gasteiger partial charge in [0.05, 0.1) is 11.3 Å². The summed E-state index contributed by atoms with van der Waals surface area (Å²) in [5, 5.41) is 4.28. The number of rotatable bonds is 1. The lowest BCUT2D eigenvalue weighted by Gasteiger charge is -2.03. The van der Waals surface area contributed by atoms with Crippen molar-refractivity contribution in [1.29, 1.82) is 0 Å². The van der Waals surface area contributed by atoms with E-state index in [1.165, 1.54) is 6.33 Å². The Kier molecular flexibility index (Phi) is 2.46. The summed E-state index contributed by atoms with van der Waals surface area (Å²) in [5.41, 5.74) is 10.4. The zero-order valence-corrected chi connectivity index (χ0v) is 10.5. The summed E-state index contributed by atoms with van der Waals surface area (Å²) in [6.45, 7) is 1.98. The van der Waals surface area contributed by atoms with E-state index >= 15 is 0 Å². The van der Waals surface area contributed by atoms with Crippen LogP contribution in [0.3, 0.4) is 0 Å². The van der Waals surface area contributed by atoms with Crippen molar-refractivity contribution in [3.8, 4) is 23.6 Å². The lowest BCUT2D eigenvalue weighted by molar-refractivity contribution is 0.912. The van der Waals surface area contributed by atoms with Gasteiger partial charge in [-0.2, -0.15) is 5.10 Å². The zero-order valence-electron chi connectivity index (χ0n) is 10.5. The number of hydrogen-bond donors (Lipinski definition) is 1. The van der Waals surface area contributed by atoms with E-state index in [9.17, 15) is 0 Å². The molecule has 0 saturated heterocycles. The van der Waals surface area contributed by atoms with Gasteiger partial charge in [-0.3, -0.25) is 0 Å². The van der Waals surface area contributed by atoms with Crippen molar-refractivity contribution in [3.05, 3.63) is 47.8 Å². The first-order valence-electron chi connectivity index (χ1n) is 5.88. The fraction of sp³-hybridized carbons (Fsp3) is 0.0667. The summed E-state index contributed by atoms with van der Waals surface area (Å²) in [6, 6.07) is 9.98. The Morgan fingerprint density at radius 1 is 1.26 bits per heavy atom. The minimum absolute atomic E-state index is 0.397. The molecule has 1 aromatic carbocycles. The lowest BCUT2D eigenvalue weighted by Crippen LogP contribution is -2.00. The smallest absolute Gasteiger partial charge is 0.152 e. The molecule has 0 saturated carbocycles. The summed E-state index contributed by atoms with van der Waals surface area (Å²) in [7, 11) is 0. The van der Waals surface area contributed by atoms with Crippen LogP contribution in [0.4, 0.5) is 5.82 Å².